The van der Waals surface area contributed by atoms with Crippen molar-refractivity contribution in [3.63, 3.8) is 0 Å². The first-order valence-corrected chi connectivity index (χ1v) is 12.7. The van der Waals surface area contributed by atoms with E-state index in [4.69, 9.17) is 0 Å². The van der Waals surface area contributed by atoms with Gasteiger partial charge in [-0.15, -0.1) is 11.6 Å². The van der Waals surface area contributed by atoms with Crippen LogP contribution in [0.5, 0.6) is 0 Å². The first kappa shape index (κ1) is 29.3. The molecule has 3 N–H and O–H groups in total. The van der Waals surface area contributed by atoms with Crippen molar-refractivity contribution in [3.8, 4) is 0 Å². The van der Waals surface area contributed by atoms with Crippen LogP contribution in [0.2, 0.25) is 0 Å². The SMILES string of the molecule is CCl.N.O=C(c1ccc(F)cc1)N1CCN(c2c([N+](=O)[O-])c(=O)n(Cc3ccccc3)c3ccccc23)CC1. The number of nitro groups is 1. The number of nitrogens with zero attached hydrogens (tertiary/aromatic N) is 4. The number of aromatic nitrogens is 1. The molecule has 1 aliphatic rings. The van der Waals surface area contributed by atoms with E-state index < -0.39 is 22.0 Å². The van der Waals surface area contributed by atoms with Crippen LogP contribution in [-0.2, 0) is 6.54 Å². The third-order valence-corrected chi connectivity index (χ3v) is 6.46. The lowest BCUT2D eigenvalue weighted by Gasteiger charge is -2.36. The molecule has 0 bridgehead atoms. The summed E-state index contributed by atoms with van der Waals surface area (Å²) < 4.78 is 14.7. The highest BCUT2D eigenvalue weighted by molar-refractivity contribution is 6.15. The van der Waals surface area contributed by atoms with Gasteiger partial charge in [-0.2, -0.15) is 0 Å². The largest absolute Gasteiger partial charge is 0.362 e. The molecular weight excluding hydrogens is 525 g/mol. The topological polar surface area (TPSA) is 124 Å². The van der Waals surface area contributed by atoms with Gasteiger partial charge in [0.05, 0.1) is 17.0 Å². The number of carbonyl (C=O) groups excluding carboxylic acids is 1. The van der Waals surface area contributed by atoms with Crippen LogP contribution in [0.4, 0.5) is 15.8 Å². The second-order valence-electron chi connectivity index (χ2n) is 8.63. The van der Waals surface area contributed by atoms with Crippen molar-refractivity contribution in [1.82, 2.24) is 15.6 Å². The molecule has 11 heteroatoms. The summed E-state index contributed by atoms with van der Waals surface area (Å²) in [6.45, 7) is 1.48. The van der Waals surface area contributed by atoms with Crippen molar-refractivity contribution < 1.29 is 14.1 Å². The zero-order valence-corrected chi connectivity index (χ0v) is 22.2. The number of piperazine rings is 1. The molecule has 3 aromatic carbocycles. The van der Waals surface area contributed by atoms with Gasteiger partial charge < -0.3 is 16.0 Å². The summed E-state index contributed by atoms with van der Waals surface area (Å²) in [5.41, 5.74) is 0.991. The van der Waals surface area contributed by atoms with E-state index in [0.717, 1.165) is 5.56 Å². The van der Waals surface area contributed by atoms with Crippen LogP contribution in [0.25, 0.3) is 10.9 Å². The van der Waals surface area contributed by atoms with Gasteiger partial charge in [-0.3, -0.25) is 24.3 Å². The van der Waals surface area contributed by atoms with E-state index in [1.54, 1.807) is 29.2 Å². The number of alkyl halides is 1. The van der Waals surface area contributed by atoms with Crippen molar-refractivity contribution in [2.45, 2.75) is 6.54 Å². The van der Waals surface area contributed by atoms with E-state index in [9.17, 15) is 24.1 Å². The highest BCUT2D eigenvalue weighted by Crippen LogP contribution is 2.34. The Morgan fingerprint density at radius 1 is 0.923 bits per heavy atom. The molecule has 1 aliphatic heterocycles. The Morgan fingerprint density at radius 2 is 1.51 bits per heavy atom. The molecule has 0 atom stereocenters. The van der Waals surface area contributed by atoms with E-state index in [1.807, 2.05) is 35.2 Å². The lowest BCUT2D eigenvalue weighted by atomic mass is 10.1. The number of para-hydroxylation sites is 1. The second-order valence-corrected chi connectivity index (χ2v) is 8.63. The molecule has 1 fully saturated rings. The number of fused-ring (bicyclic) bond motifs is 1. The number of anilines is 1. The van der Waals surface area contributed by atoms with Crippen molar-refractivity contribution in [1.29, 1.82) is 0 Å². The second kappa shape index (κ2) is 13.0. The number of benzene rings is 3. The van der Waals surface area contributed by atoms with Gasteiger partial charge in [0.1, 0.15) is 11.5 Å². The molecule has 0 aliphatic carbocycles. The van der Waals surface area contributed by atoms with Gasteiger partial charge in [0.15, 0.2) is 0 Å². The average molecular weight is 554 g/mol. The first-order chi connectivity index (χ1) is 18.4. The zero-order valence-electron chi connectivity index (χ0n) is 21.4. The van der Waals surface area contributed by atoms with Crippen molar-refractivity contribution >= 4 is 39.8 Å². The summed E-state index contributed by atoms with van der Waals surface area (Å²) in [7, 11) is 0. The monoisotopic (exact) mass is 553 g/mol. The lowest BCUT2D eigenvalue weighted by Crippen LogP contribution is -2.49. The Labute approximate surface area is 229 Å². The number of amides is 1. The third-order valence-electron chi connectivity index (χ3n) is 6.46. The van der Waals surface area contributed by atoms with Crippen LogP contribution in [0.15, 0.2) is 83.7 Å². The van der Waals surface area contributed by atoms with Crippen LogP contribution < -0.4 is 16.6 Å². The minimum atomic E-state index is -0.664. The molecule has 9 nitrogen and oxygen atoms in total. The van der Waals surface area contributed by atoms with Gasteiger partial charge in [-0.25, -0.2) is 4.39 Å². The fourth-order valence-corrected chi connectivity index (χ4v) is 4.69. The van der Waals surface area contributed by atoms with Crippen molar-refractivity contribution in [2.75, 3.05) is 37.5 Å². The molecular formula is C28H29ClFN5O4. The summed E-state index contributed by atoms with van der Waals surface area (Å²) in [5, 5.41) is 12.8. The molecule has 204 valence electrons. The maximum absolute atomic E-state index is 13.5. The van der Waals surface area contributed by atoms with Crippen LogP contribution in [0.3, 0.4) is 0 Å². The maximum atomic E-state index is 13.5. The molecule has 1 amide bonds. The van der Waals surface area contributed by atoms with Crippen molar-refractivity contribution in [2.24, 2.45) is 0 Å². The Morgan fingerprint density at radius 3 is 2.13 bits per heavy atom. The quantitative estimate of drug-likeness (QED) is 0.209. The predicted molar refractivity (Wildman–Crippen MR) is 152 cm³/mol. The normalized spacial score (nSPS) is 12.8. The molecule has 0 saturated carbocycles. The summed E-state index contributed by atoms with van der Waals surface area (Å²) in [6.07, 6.45) is 1.47. The Balaban J connectivity index is 0.00000137. The van der Waals surface area contributed by atoms with Crippen LogP contribution in [-0.4, -0.2) is 52.9 Å². The number of carbonyl (C=O) groups is 1. The van der Waals surface area contributed by atoms with E-state index in [-0.39, 0.29) is 24.3 Å². The Bertz CT molecular complexity index is 1500. The zero-order chi connectivity index (χ0) is 27.2. The van der Waals surface area contributed by atoms with Gasteiger partial charge in [-0.1, -0.05) is 48.5 Å². The van der Waals surface area contributed by atoms with Crippen molar-refractivity contribution in [3.05, 3.63) is 116 Å². The molecule has 0 spiro atoms. The predicted octanol–water partition coefficient (Wildman–Crippen LogP) is 5.08. The molecule has 0 unspecified atom stereocenters. The smallest absolute Gasteiger partial charge is 0.357 e. The third kappa shape index (κ3) is 6.08. The number of rotatable bonds is 5. The van der Waals surface area contributed by atoms with Crippen LogP contribution >= 0.6 is 11.6 Å². The highest BCUT2D eigenvalue weighted by Gasteiger charge is 2.32. The summed E-state index contributed by atoms with van der Waals surface area (Å²) in [4.78, 5) is 41.3. The van der Waals surface area contributed by atoms with Gasteiger partial charge >= 0.3 is 11.2 Å². The van der Waals surface area contributed by atoms with Gasteiger partial charge in [0, 0.05) is 43.5 Å². The number of hydrogen-bond donors (Lipinski definition) is 1. The van der Waals surface area contributed by atoms with Gasteiger partial charge in [-0.05, 0) is 35.9 Å². The van der Waals surface area contributed by atoms with Crippen LogP contribution in [0, 0.1) is 15.9 Å². The summed E-state index contributed by atoms with van der Waals surface area (Å²) >= 11 is 4.64. The first-order valence-electron chi connectivity index (χ1n) is 12.0. The summed E-state index contributed by atoms with van der Waals surface area (Å²) in [6, 6.07) is 21.9. The average Bonchev–Trinajstić information content (AvgIpc) is 2.96. The Kier molecular flexibility index (Phi) is 9.75. The molecule has 0 radical (unpaired) electrons. The van der Waals surface area contributed by atoms with E-state index in [1.165, 1.54) is 35.2 Å². The van der Waals surface area contributed by atoms with E-state index >= 15 is 0 Å². The molecule has 5 rings (SSSR count). The Hall–Kier alpha value is -4.28. The molecule has 1 saturated heterocycles. The molecule has 4 aromatic rings. The standard InChI is InChI=1S/C27H23FN4O4.CH3Cl.H3N/c28-21-12-10-20(11-13-21)26(33)30-16-14-29(15-17-30)24-22-8-4-5-9-23(22)31(27(34)25(24)32(35)36)18-19-6-2-1-3-7-19;1-2;/h1-13H,14-18H2;1H3;1H3. The molecule has 2 heterocycles. The minimum Gasteiger partial charge on any atom is -0.362 e. The maximum Gasteiger partial charge on any atom is 0.357 e. The van der Waals surface area contributed by atoms with Gasteiger partial charge in [0.25, 0.3) is 5.91 Å². The minimum absolute atomic E-state index is 0. The number of hydrogen-bond acceptors (Lipinski definition) is 6. The van der Waals surface area contributed by atoms with E-state index in [2.05, 4.69) is 11.6 Å². The fraction of sp³-hybridized carbons (Fsp3) is 0.214. The number of pyridine rings is 1. The molecule has 1 aromatic heterocycles. The van der Waals surface area contributed by atoms with Gasteiger partial charge in [0.2, 0.25) is 0 Å². The van der Waals surface area contributed by atoms with E-state index in [0.29, 0.717) is 42.6 Å². The fourth-order valence-electron chi connectivity index (χ4n) is 4.69. The molecule has 39 heavy (non-hydrogen) atoms. The number of halogens is 2. The van der Waals surface area contributed by atoms with Crippen LogP contribution in [0.1, 0.15) is 15.9 Å². The highest BCUT2D eigenvalue weighted by atomic mass is 35.5. The summed E-state index contributed by atoms with van der Waals surface area (Å²) in [5.74, 6) is -0.648. The lowest BCUT2D eigenvalue weighted by molar-refractivity contribution is -0.385.